The summed E-state index contributed by atoms with van der Waals surface area (Å²) in [4.78, 5) is 0. The zero-order valence-corrected chi connectivity index (χ0v) is 10.2. The minimum Gasteiger partial charge on any atom is -0.494 e. The summed E-state index contributed by atoms with van der Waals surface area (Å²) in [6.07, 6.45) is 0. The maximum atomic E-state index is 13.6. The molecule has 0 aromatic heterocycles. The molecule has 0 radical (unpaired) electrons. The van der Waals surface area contributed by atoms with Gasteiger partial charge >= 0.3 is 0 Å². The molecule has 0 saturated carbocycles. The first-order valence-corrected chi connectivity index (χ1v) is 8.38. The van der Waals surface area contributed by atoms with Crippen molar-refractivity contribution >= 4 is 13.3 Å². The molecule has 1 nitrogen and oxygen atoms in total. The van der Waals surface area contributed by atoms with Crippen LogP contribution in [0.1, 0.15) is 6.92 Å². The summed E-state index contributed by atoms with van der Waals surface area (Å²) < 4.78 is 19.1. The topological polar surface area (TPSA) is 9.23 Å². The Morgan fingerprint density at radius 1 is 1.29 bits per heavy atom. The molecular weight excluding hydrogens is 195 g/mol. The van der Waals surface area contributed by atoms with Crippen molar-refractivity contribution in [1.82, 2.24) is 0 Å². The van der Waals surface area contributed by atoms with Gasteiger partial charge in [0.2, 0.25) is 0 Å². The van der Waals surface area contributed by atoms with Gasteiger partial charge in [0, 0.05) is 5.19 Å². The Labute approximate surface area is 85.9 Å². The summed E-state index contributed by atoms with van der Waals surface area (Å²) >= 11 is 0. The Bertz CT molecular complexity index is 318. The van der Waals surface area contributed by atoms with Crippen LogP contribution in [0.4, 0.5) is 4.39 Å². The van der Waals surface area contributed by atoms with E-state index >= 15 is 0 Å². The van der Waals surface area contributed by atoms with Gasteiger partial charge in [-0.15, -0.1) is 0 Å². The van der Waals surface area contributed by atoms with Crippen molar-refractivity contribution in [2.75, 3.05) is 6.61 Å². The van der Waals surface area contributed by atoms with E-state index in [0.29, 0.717) is 12.4 Å². The highest BCUT2D eigenvalue weighted by Crippen LogP contribution is 2.16. The Kier molecular flexibility index (Phi) is 3.32. The Morgan fingerprint density at radius 2 is 1.93 bits per heavy atom. The third kappa shape index (κ3) is 2.35. The fourth-order valence-corrected chi connectivity index (χ4v) is 3.20. The molecule has 1 aromatic carbocycles. The van der Waals surface area contributed by atoms with Gasteiger partial charge in [0.1, 0.15) is 11.6 Å². The fraction of sp³-hybridized carbons (Fsp3) is 0.455. The van der Waals surface area contributed by atoms with Crippen molar-refractivity contribution < 1.29 is 9.13 Å². The van der Waals surface area contributed by atoms with E-state index in [9.17, 15) is 4.39 Å². The third-order valence-corrected chi connectivity index (χ3v) is 4.01. The van der Waals surface area contributed by atoms with Gasteiger partial charge in [-0.3, -0.25) is 0 Å². The zero-order chi connectivity index (χ0) is 10.8. The van der Waals surface area contributed by atoms with Crippen LogP contribution in [0.2, 0.25) is 19.6 Å². The minimum atomic E-state index is -1.66. The molecular formula is C11H17FOSi. The van der Waals surface area contributed by atoms with Crippen molar-refractivity contribution in [3.8, 4) is 5.75 Å². The second-order valence-electron chi connectivity index (χ2n) is 4.30. The van der Waals surface area contributed by atoms with E-state index in [1.165, 1.54) is 6.07 Å². The van der Waals surface area contributed by atoms with Crippen molar-refractivity contribution in [2.24, 2.45) is 0 Å². The molecule has 0 heterocycles. The van der Waals surface area contributed by atoms with Gasteiger partial charge in [-0.2, -0.15) is 0 Å². The molecule has 0 aliphatic carbocycles. The molecule has 0 unspecified atom stereocenters. The van der Waals surface area contributed by atoms with Crippen LogP contribution in [0.15, 0.2) is 18.2 Å². The minimum absolute atomic E-state index is 0.130. The van der Waals surface area contributed by atoms with Gasteiger partial charge in [-0.05, 0) is 19.1 Å². The molecule has 14 heavy (non-hydrogen) atoms. The fourth-order valence-electron chi connectivity index (χ4n) is 1.51. The standard InChI is InChI=1S/C11H17FOSi/c1-5-13-10-8-6-7-9(12)11(10)14(2,3)4/h6-8H,5H2,1-4H3. The predicted molar refractivity (Wildman–Crippen MR) is 60.5 cm³/mol. The van der Waals surface area contributed by atoms with Crippen LogP contribution in [-0.4, -0.2) is 14.7 Å². The quantitative estimate of drug-likeness (QED) is 0.700. The summed E-state index contributed by atoms with van der Waals surface area (Å²) in [6.45, 7) is 8.86. The van der Waals surface area contributed by atoms with Crippen molar-refractivity contribution in [3.63, 3.8) is 0 Å². The predicted octanol–water partition coefficient (Wildman–Crippen LogP) is 2.77. The highest BCUT2D eigenvalue weighted by atomic mass is 28.3. The maximum absolute atomic E-state index is 13.6. The lowest BCUT2D eigenvalue weighted by Gasteiger charge is -2.21. The highest BCUT2D eigenvalue weighted by Gasteiger charge is 2.24. The number of rotatable bonds is 3. The van der Waals surface area contributed by atoms with E-state index in [0.717, 1.165) is 5.19 Å². The molecule has 78 valence electrons. The van der Waals surface area contributed by atoms with Gasteiger partial charge in [0.25, 0.3) is 0 Å². The van der Waals surface area contributed by atoms with E-state index in [4.69, 9.17) is 4.74 Å². The van der Waals surface area contributed by atoms with E-state index in [1.54, 1.807) is 6.07 Å². The van der Waals surface area contributed by atoms with E-state index < -0.39 is 8.07 Å². The number of benzene rings is 1. The summed E-state index contributed by atoms with van der Waals surface area (Å²) in [6, 6.07) is 5.06. The molecule has 3 heteroatoms. The zero-order valence-electron chi connectivity index (χ0n) is 9.23. The molecule has 0 atom stereocenters. The van der Waals surface area contributed by atoms with Crippen LogP contribution in [0.3, 0.4) is 0 Å². The van der Waals surface area contributed by atoms with Gasteiger partial charge in [-0.25, -0.2) is 4.39 Å². The summed E-state index contributed by atoms with van der Waals surface area (Å²) in [5.41, 5.74) is 0. The van der Waals surface area contributed by atoms with E-state index in [2.05, 4.69) is 19.6 Å². The lowest BCUT2D eigenvalue weighted by atomic mass is 10.3. The molecule has 0 saturated heterocycles. The second-order valence-corrected chi connectivity index (χ2v) is 9.30. The van der Waals surface area contributed by atoms with Gasteiger partial charge in [0.05, 0.1) is 14.7 Å². The van der Waals surface area contributed by atoms with Crippen LogP contribution < -0.4 is 9.92 Å². The molecule has 0 spiro atoms. The first-order valence-electron chi connectivity index (χ1n) is 4.88. The van der Waals surface area contributed by atoms with Crippen molar-refractivity contribution in [2.45, 2.75) is 26.6 Å². The smallest absolute Gasteiger partial charge is 0.126 e. The molecule has 0 bridgehead atoms. The van der Waals surface area contributed by atoms with Crippen LogP contribution >= 0.6 is 0 Å². The van der Waals surface area contributed by atoms with Crippen LogP contribution in [0.5, 0.6) is 5.75 Å². The molecule has 0 aliphatic rings. The van der Waals surface area contributed by atoms with Crippen LogP contribution in [-0.2, 0) is 0 Å². The lowest BCUT2D eigenvalue weighted by Crippen LogP contribution is -2.41. The molecule has 1 rings (SSSR count). The lowest BCUT2D eigenvalue weighted by molar-refractivity contribution is 0.341. The molecule has 0 aliphatic heterocycles. The second kappa shape index (κ2) is 4.13. The highest BCUT2D eigenvalue weighted by molar-refractivity contribution is 6.89. The summed E-state index contributed by atoms with van der Waals surface area (Å²) in [5, 5.41) is 0.793. The van der Waals surface area contributed by atoms with Crippen molar-refractivity contribution in [1.29, 1.82) is 0 Å². The molecule has 0 amide bonds. The molecule has 0 fully saturated rings. The first kappa shape index (κ1) is 11.2. The van der Waals surface area contributed by atoms with E-state index in [-0.39, 0.29) is 5.82 Å². The van der Waals surface area contributed by atoms with Gasteiger partial charge < -0.3 is 4.74 Å². The Morgan fingerprint density at radius 3 is 2.43 bits per heavy atom. The third-order valence-electron chi connectivity index (χ3n) is 2.03. The van der Waals surface area contributed by atoms with Crippen LogP contribution in [0, 0.1) is 5.82 Å². The monoisotopic (exact) mass is 212 g/mol. The maximum Gasteiger partial charge on any atom is 0.126 e. The largest absolute Gasteiger partial charge is 0.494 e. The Balaban J connectivity index is 3.22. The normalized spacial score (nSPS) is 11.5. The number of hydrogen-bond donors (Lipinski definition) is 0. The number of ether oxygens (including phenoxy) is 1. The van der Waals surface area contributed by atoms with E-state index in [1.807, 2.05) is 13.0 Å². The summed E-state index contributed by atoms with van der Waals surface area (Å²) in [5.74, 6) is 0.585. The number of hydrogen-bond acceptors (Lipinski definition) is 1. The Hall–Kier alpha value is -0.833. The first-order chi connectivity index (χ1) is 6.46. The molecule has 0 N–H and O–H groups in total. The number of halogens is 1. The summed E-state index contributed by atoms with van der Waals surface area (Å²) in [7, 11) is -1.66. The SMILES string of the molecule is CCOc1cccc(F)c1[Si](C)(C)C. The average molecular weight is 212 g/mol. The van der Waals surface area contributed by atoms with Crippen molar-refractivity contribution in [3.05, 3.63) is 24.0 Å². The van der Waals surface area contributed by atoms with Crippen LogP contribution in [0.25, 0.3) is 0 Å². The van der Waals surface area contributed by atoms with Gasteiger partial charge in [0.15, 0.2) is 0 Å². The average Bonchev–Trinajstić information content (AvgIpc) is 2.02. The molecule has 1 aromatic rings. The van der Waals surface area contributed by atoms with Gasteiger partial charge in [-0.1, -0.05) is 25.7 Å².